The second kappa shape index (κ2) is 5.19. The molecule has 1 aromatic carbocycles. The Balaban J connectivity index is 2.21. The topological polar surface area (TPSA) is 64.9 Å². The quantitative estimate of drug-likeness (QED) is 0.867. The maximum absolute atomic E-state index is 6.21. The molecule has 0 saturated heterocycles. The lowest BCUT2D eigenvalue weighted by Gasteiger charge is -2.14. The van der Waals surface area contributed by atoms with E-state index in [0.717, 1.165) is 12.0 Å². The lowest BCUT2D eigenvalue weighted by atomic mass is 9.97. The summed E-state index contributed by atoms with van der Waals surface area (Å²) >= 11 is 0. The molecule has 2 aromatic rings. The summed E-state index contributed by atoms with van der Waals surface area (Å²) in [4.78, 5) is 4.07. The Kier molecular flexibility index (Phi) is 3.63. The Hall–Kier alpha value is -1.87. The lowest BCUT2D eigenvalue weighted by Crippen LogP contribution is -2.16. The Morgan fingerprint density at radius 3 is 2.44 bits per heavy atom. The molecular weight excluding hydrogens is 222 g/mol. The summed E-state index contributed by atoms with van der Waals surface area (Å²) < 4.78 is 0. The maximum atomic E-state index is 6.21. The first kappa shape index (κ1) is 12.6. The molecule has 0 spiro atoms. The van der Waals surface area contributed by atoms with Crippen LogP contribution in [-0.2, 0) is 6.42 Å². The Bertz CT molecular complexity index is 529. The number of aromatic nitrogens is 1. The minimum absolute atomic E-state index is 0.111. The summed E-state index contributed by atoms with van der Waals surface area (Å²) in [7, 11) is 0. The van der Waals surface area contributed by atoms with Crippen molar-refractivity contribution in [1.82, 2.24) is 4.98 Å². The standard InChI is InChI=1S/C15H19N3/c1-10-6-11(2)8-12(7-10)9-14(16)13-4-3-5-18-15(13)17/h3-8,14H,9,16H2,1-2H3,(H2,17,18). The van der Waals surface area contributed by atoms with Gasteiger partial charge in [0.1, 0.15) is 5.82 Å². The molecule has 2 rings (SSSR count). The number of nitrogen functional groups attached to an aromatic ring is 1. The van der Waals surface area contributed by atoms with Crippen LogP contribution in [-0.4, -0.2) is 4.98 Å². The van der Waals surface area contributed by atoms with E-state index in [1.54, 1.807) is 6.20 Å². The first-order chi connectivity index (χ1) is 8.56. The lowest BCUT2D eigenvalue weighted by molar-refractivity contribution is 0.720. The zero-order valence-corrected chi connectivity index (χ0v) is 10.9. The van der Waals surface area contributed by atoms with Crippen LogP contribution in [0.4, 0.5) is 5.82 Å². The first-order valence-electron chi connectivity index (χ1n) is 6.09. The van der Waals surface area contributed by atoms with Gasteiger partial charge in [0.25, 0.3) is 0 Å². The number of nitrogens with two attached hydrogens (primary N) is 2. The smallest absolute Gasteiger partial charge is 0.128 e. The Morgan fingerprint density at radius 2 is 1.83 bits per heavy atom. The van der Waals surface area contributed by atoms with Crippen LogP contribution in [0.25, 0.3) is 0 Å². The van der Waals surface area contributed by atoms with Crippen LogP contribution in [0.5, 0.6) is 0 Å². The molecule has 1 unspecified atom stereocenters. The van der Waals surface area contributed by atoms with E-state index in [4.69, 9.17) is 11.5 Å². The van der Waals surface area contributed by atoms with Gasteiger partial charge in [-0.1, -0.05) is 35.4 Å². The molecule has 0 aliphatic rings. The highest BCUT2D eigenvalue weighted by molar-refractivity contribution is 5.41. The van der Waals surface area contributed by atoms with Crippen LogP contribution in [0.3, 0.4) is 0 Å². The molecule has 0 saturated carbocycles. The molecule has 1 aromatic heterocycles. The zero-order valence-electron chi connectivity index (χ0n) is 10.9. The second-order valence-corrected chi connectivity index (χ2v) is 4.78. The van der Waals surface area contributed by atoms with Crippen molar-refractivity contribution in [1.29, 1.82) is 0 Å². The normalized spacial score (nSPS) is 12.4. The predicted molar refractivity (Wildman–Crippen MR) is 75.2 cm³/mol. The zero-order chi connectivity index (χ0) is 13.1. The second-order valence-electron chi connectivity index (χ2n) is 4.78. The van der Waals surface area contributed by atoms with E-state index in [1.807, 2.05) is 12.1 Å². The summed E-state index contributed by atoms with van der Waals surface area (Å²) in [6, 6.07) is 10.2. The molecule has 0 aliphatic carbocycles. The van der Waals surface area contributed by atoms with Crippen molar-refractivity contribution >= 4 is 5.82 Å². The van der Waals surface area contributed by atoms with Crippen molar-refractivity contribution in [2.75, 3.05) is 5.73 Å². The van der Waals surface area contributed by atoms with E-state index < -0.39 is 0 Å². The number of anilines is 1. The highest BCUT2D eigenvalue weighted by Gasteiger charge is 2.11. The van der Waals surface area contributed by atoms with Gasteiger partial charge in [-0.3, -0.25) is 0 Å². The number of nitrogens with zero attached hydrogens (tertiary/aromatic N) is 1. The van der Waals surface area contributed by atoms with Crippen molar-refractivity contribution in [3.63, 3.8) is 0 Å². The summed E-state index contributed by atoms with van der Waals surface area (Å²) in [5, 5.41) is 0. The number of aryl methyl sites for hydroxylation is 2. The van der Waals surface area contributed by atoms with E-state index in [9.17, 15) is 0 Å². The van der Waals surface area contributed by atoms with Crippen molar-refractivity contribution < 1.29 is 0 Å². The number of benzene rings is 1. The molecule has 0 fully saturated rings. The molecule has 18 heavy (non-hydrogen) atoms. The third-order valence-corrected chi connectivity index (χ3v) is 3.01. The van der Waals surface area contributed by atoms with E-state index >= 15 is 0 Å². The van der Waals surface area contributed by atoms with Gasteiger partial charge in [0, 0.05) is 17.8 Å². The molecule has 0 radical (unpaired) electrons. The average Bonchev–Trinajstić information content (AvgIpc) is 2.27. The average molecular weight is 241 g/mol. The largest absolute Gasteiger partial charge is 0.383 e. The molecule has 0 bridgehead atoms. The number of hydrogen-bond donors (Lipinski definition) is 2. The number of pyridine rings is 1. The van der Waals surface area contributed by atoms with Gasteiger partial charge in [0.05, 0.1) is 0 Å². The van der Waals surface area contributed by atoms with Gasteiger partial charge in [-0.2, -0.15) is 0 Å². The van der Waals surface area contributed by atoms with Crippen LogP contribution in [0, 0.1) is 13.8 Å². The molecule has 3 heteroatoms. The molecule has 0 aliphatic heterocycles. The van der Waals surface area contributed by atoms with Crippen LogP contribution >= 0.6 is 0 Å². The summed E-state index contributed by atoms with van der Waals surface area (Å²) in [5.74, 6) is 0.523. The van der Waals surface area contributed by atoms with Gasteiger partial charge in [-0.25, -0.2) is 4.98 Å². The Labute approximate surface area is 108 Å². The SMILES string of the molecule is Cc1cc(C)cc(CC(N)c2cccnc2N)c1. The fraction of sp³-hybridized carbons (Fsp3) is 0.267. The number of hydrogen-bond acceptors (Lipinski definition) is 3. The fourth-order valence-corrected chi connectivity index (χ4v) is 2.29. The molecule has 3 nitrogen and oxygen atoms in total. The third kappa shape index (κ3) is 2.87. The van der Waals surface area contributed by atoms with Crippen LogP contribution in [0.15, 0.2) is 36.5 Å². The molecule has 1 heterocycles. The van der Waals surface area contributed by atoms with Gasteiger partial charge in [-0.05, 0) is 31.9 Å². The molecule has 4 N–H and O–H groups in total. The fourth-order valence-electron chi connectivity index (χ4n) is 2.29. The molecule has 1 atom stereocenters. The summed E-state index contributed by atoms with van der Waals surface area (Å²) in [6.45, 7) is 4.20. The minimum Gasteiger partial charge on any atom is -0.383 e. The van der Waals surface area contributed by atoms with Gasteiger partial charge in [0.2, 0.25) is 0 Å². The van der Waals surface area contributed by atoms with Crippen molar-refractivity contribution in [3.8, 4) is 0 Å². The van der Waals surface area contributed by atoms with Crippen molar-refractivity contribution in [3.05, 3.63) is 58.8 Å². The van der Waals surface area contributed by atoms with Crippen LogP contribution in [0.1, 0.15) is 28.3 Å². The molecule has 94 valence electrons. The highest BCUT2D eigenvalue weighted by Crippen LogP contribution is 2.21. The molecular formula is C15H19N3. The maximum Gasteiger partial charge on any atom is 0.128 e. The van der Waals surface area contributed by atoms with E-state index in [-0.39, 0.29) is 6.04 Å². The van der Waals surface area contributed by atoms with Gasteiger partial charge < -0.3 is 11.5 Å². The van der Waals surface area contributed by atoms with Crippen molar-refractivity contribution in [2.45, 2.75) is 26.3 Å². The summed E-state index contributed by atoms with van der Waals surface area (Å²) in [6.07, 6.45) is 2.46. The van der Waals surface area contributed by atoms with Crippen molar-refractivity contribution in [2.24, 2.45) is 5.73 Å². The van der Waals surface area contributed by atoms with Crippen LogP contribution in [0.2, 0.25) is 0 Å². The van der Waals surface area contributed by atoms with E-state index in [2.05, 4.69) is 37.0 Å². The molecule has 0 amide bonds. The summed E-state index contributed by atoms with van der Waals surface area (Å²) in [5.41, 5.74) is 16.7. The van der Waals surface area contributed by atoms with Gasteiger partial charge in [0.15, 0.2) is 0 Å². The number of rotatable bonds is 3. The van der Waals surface area contributed by atoms with E-state index in [0.29, 0.717) is 5.82 Å². The van der Waals surface area contributed by atoms with Gasteiger partial charge in [-0.15, -0.1) is 0 Å². The van der Waals surface area contributed by atoms with Gasteiger partial charge >= 0.3 is 0 Å². The van der Waals surface area contributed by atoms with E-state index in [1.165, 1.54) is 16.7 Å². The van der Waals surface area contributed by atoms with Crippen LogP contribution < -0.4 is 11.5 Å². The highest BCUT2D eigenvalue weighted by atomic mass is 14.8. The Morgan fingerprint density at radius 1 is 1.17 bits per heavy atom. The third-order valence-electron chi connectivity index (χ3n) is 3.01. The monoisotopic (exact) mass is 241 g/mol. The predicted octanol–water partition coefficient (Wildman–Crippen LogP) is 2.52. The first-order valence-corrected chi connectivity index (χ1v) is 6.09. The minimum atomic E-state index is -0.111.